The lowest BCUT2D eigenvalue weighted by Crippen LogP contribution is -2.40. The molecule has 1 N–H and O–H groups in total. The molecule has 39 heavy (non-hydrogen) atoms. The molecule has 13 heteroatoms. The molecule has 0 bridgehead atoms. The Kier molecular flexibility index (Phi) is 7.43. The number of thiazole rings is 1. The van der Waals surface area contributed by atoms with Gasteiger partial charge in [0, 0.05) is 47.6 Å². The van der Waals surface area contributed by atoms with E-state index in [9.17, 15) is 23.2 Å². The average Bonchev–Trinajstić information content (AvgIpc) is 3.68. The SMILES string of the molecule is CC(=NO)c1ccccc1C1CC(c2csc(C3CCN(C(=O)Cn4nc(C(F)(F)F)cc4C)CC3)n2)=NO1. The molecule has 1 atom stereocenters. The quantitative estimate of drug-likeness (QED) is 0.256. The zero-order valence-corrected chi connectivity index (χ0v) is 22.2. The van der Waals surface area contributed by atoms with E-state index < -0.39 is 11.9 Å². The first kappa shape index (κ1) is 26.9. The number of oxime groups is 2. The smallest absolute Gasteiger partial charge is 0.411 e. The molecule has 0 radical (unpaired) electrons. The number of alkyl halides is 3. The molecule has 2 aliphatic rings. The number of hydrogen-bond acceptors (Lipinski definition) is 8. The van der Waals surface area contributed by atoms with Crippen LogP contribution in [0.2, 0.25) is 0 Å². The van der Waals surface area contributed by atoms with Gasteiger partial charge in [-0.2, -0.15) is 18.3 Å². The zero-order chi connectivity index (χ0) is 27.7. The predicted molar refractivity (Wildman–Crippen MR) is 138 cm³/mol. The highest BCUT2D eigenvalue weighted by Crippen LogP contribution is 2.35. The number of halogens is 3. The minimum atomic E-state index is -4.54. The molecule has 1 aromatic carbocycles. The Hall–Kier alpha value is -3.74. The van der Waals surface area contributed by atoms with Crippen LogP contribution >= 0.6 is 11.3 Å². The molecular weight excluding hydrogens is 533 g/mol. The maximum atomic E-state index is 12.9. The van der Waals surface area contributed by atoms with Crippen molar-refractivity contribution < 1.29 is 28.0 Å². The molecule has 5 rings (SSSR count). The molecule has 0 saturated carbocycles. The van der Waals surface area contributed by atoms with Crippen LogP contribution < -0.4 is 0 Å². The standard InChI is InChI=1S/C26H27F3N6O3S/c1-15-11-23(26(27,28)29)31-35(15)13-24(36)34-9-7-17(8-10-34)25-30-21(14-39-25)20-12-22(38-33-20)19-6-4-3-5-18(19)16(2)32-37/h3-6,11,14,17,22,37H,7-10,12-13H2,1-2H3. The second-order valence-corrected chi connectivity index (χ2v) is 10.6. The number of carbonyl (C=O) groups is 1. The summed E-state index contributed by atoms with van der Waals surface area (Å²) in [4.78, 5) is 25.0. The van der Waals surface area contributed by atoms with Crippen molar-refractivity contribution in [2.24, 2.45) is 10.3 Å². The maximum Gasteiger partial charge on any atom is 0.435 e. The van der Waals surface area contributed by atoms with Crippen molar-refractivity contribution in [3.63, 3.8) is 0 Å². The van der Waals surface area contributed by atoms with Gasteiger partial charge in [-0.25, -0.2) is 4.98 Å². The number of nitrogens with zero attached hydrogens (tertiary/aromatic N) is 6. The van der Waals surface area contributed by atoms with Crippen molar-refractivity contribution in [1.82, 2.24) is 19.7 Å². The van der Waals surface area contributed by atoms with Gasteiger partial charge in [-0.05, 0) is 32.8 Å². The van der Waals surface area contributed by atoms with Gasteiger partial charge in [-0.3, -0.25) is 9.48 Å². The van der Waals surface area contributed by atoms with Gasteiger partial charge in [0.05, 0.1) is 16.4 Å². The van der Waals surface area contributed by atoms with Gasteiger partial charge in [0.2, 0.25) is 5.91 Å². The van der Waals surface area contributed by atoms with E-state index >= 15 is 0 Å². The second kappa shape index (κ2) is 10.8. The largest absolute Gasteiger partial charge is 0.435 e. The Morgan fingerprint density at radius 2 is 2.00 bits per heavy atom. The summed E-state index contributed by atoms with van der Waals surface area (Å²) in [6.45, 7) is 4.01. The number of hydrogen-bond donors (Lipinski definition) is 1. The second-order valence-electron chi connectivity index (χ2n) is 9.66. The van der Waals surface area contributed by atoms with E-state index in [1.54, 1.807) is 23.2 Å². The molecular formula is C26H27F3N6O3S. The summed E-state index contributed by atoms with van der Waals surface area (Å²) in [5.41, 5.74) is 2.99. The molecule has 206 valence electrons. The first-order valence-electron chi connectivity index (χ1n) is 12.5. The normalized spacial score (nSPS) is 18.8. The van der Waals surface area contributed by atoms with E-state index in [-0.39, 0.29) is 24.5 Å². The third kappa shape index (κ3) is 5.68. The number of benzene rings is 1. The lowest BCUT2D eigenvalue weighted by atomic mass is 9.96. The maximum absolute atomic E-state index is 12.9. The van der Waals surface area contributed by atoms with Crippen LogP contribution in [0.25, 0.3) is 0 Å². The highest BCUT2D eigenvalue weighted by molar-refractivity contribution is 7.10. The molecule has 4 heterocycles. The first-order valence-corrected chi connectivity index (χ1v) is 13.4. The van der Waals surface area contributed by atoms with Gasteiger partial charge < -0.3 is 14.9 Å². The summed E-state index contributed by atoms with van der Waals surface area (Å²) in [7, 11) is 0. The summed E-state index contributed by atoms with van der Waals surface area (Å²) in [6, 6.07) is 8.53. The van der Waals surface area contributed by atoms with Gasteiger partial charge in [0.15, 0.2) is 11.8 Å². The minimum absolute atomic E-state index is 0.180. The molecule has 3 aromatic rings. The third-order valence-electron chi connectivity index (χ3n) is 7.09. The van der Waals surface area contributed by atoms with Crippen LogP contribution in [0.4, 0.5) is 13.2 Å². The van der Waals surface area contributed by atoms with Crippen molar-refractivity contribution in [3.8, 4) is 0 Å². The summed E-state index contributed by atoms with van der Waals surface area (Å²) in [6.07, 6.45) is -2.89. The molecule has 1 fully saturated rings. The highest BCUT2D eigenvalue weighted by Gasteiger charge is 2.35. The monoisotopic (exact) mass is 560 g/mol. The summed E-state index contributed by atoms with van der Waals surface area (Å²) in [5.74, 6) is -0.0719. The molecule has 2 aliphatic heterocycles. The van der Waals surface area contributed by atoms with Crippen LogP contribution in [0.3, 0.4) is 0 Å². The zero-order valence-electron chi connectivity index (χ0n) is 21.4. The van der Waals surface area contributed by atoms with E-state index in [0.717, 1.165) is 38.3 Å². The number of amides is 1. The molecule has 0 aliphatic carbocycles. The van der Waals surface area contributed by atoms with Crippen molar-refractivity contribution >= 4 is 28.7 Å². The Bertz CT molecular complexity index is 1420. The van der Waals surface area contributed by atoms with Crippen LogP contribution in [0.1, 0.15) is 71.4 Å². The van der Waals surface area contributed by atoms with E-state index in [4.69, 9.17) is 9.82 Å². The van der Waals surface area contributed by atoms with E-state index in [1.807, 2.05) is 29.6 Å². The fraction of sp³-hybridized carbons (Fsp3) is 0.423. The van der Waals surface area contributed by atoms with Crippen LogP contribution in [-0.4, -0.2) is 55.3 Å². The summed E-state index contributed by atoms with van der Waals surface area (Å²) >= 11 is 1.55. The van der Waals surface area contributed by atoms with Gasteiger partial charge in [0.1, 0.15) is 12.3 Å². The van der Waals surface area contributed by atoms with Crippen LogP contribution in [-0.2, 0) is 22.4 Å². The molecule has 1 saturated heterocycles. The Balaban J connectivity index is 1.17. The molecule has 0 spiro atoms. The van der Waals surface area contributed by atoms with Gasteiger partial charge in [0.25, 0.3) is 0 Å². The third-order valence-corrected chi connectivity index (χ3v) is 8.09. The lowest BCUT2D eigenvalue weighted by molar-refractivity contribution is -0.142. The average molecular weight is 561 g/mol. The van der Waals surface area contributed by atoms with Crippen molar-refractivity contribution in [2.45, 2.75) is 57.9 Å². The molecule has 1 unspecified atom stereocenters. The molecule has 9 nitrogen and oxygen atoms in total. The highest BCUT2D eigenvalue weighted by atomic mass is 32.1. The van der Waals surface area contributed by atoms with Gasteiger partial charge in [-0.15, -0.1) is 11.3 Å². The Labute approximate surface area is 226 Å². The van der Waals surface area contributed by atoms with Crippen molar-refractivity contribution in [1.29, 1.82) is 0 Å². The number of aryl methyl sites for hydroxylation is 1. The van der Waals surface area contributed by atoms with E-state index in [0.29, 0.717) is 43.8 Å². The van der Waals surface area contributed by atoms with E-state index in [2.05, 4.69) is 15.4 Å². The fourth-order valence-electron chi connectivity index (χ4n) is 4.88. The summed E-state index contributed by atoms with van der Waals surface area (Å²) < 4.78 is 39.9. The van der Waals surface area contributed by atoms with Crippen molar-refractivity contribution in [3.05, 3.63) is 68.9 Å². The topological polar surface area (TPSA) is 105 Å². The van der Waals surface area contributed by atoms with Crippen LogP contribution in [0.15, 0.2) is 46.0 Å². The van der Waals surface area contributed by atoms with Crippen molar-refractivity contribution in [2.75, 3.05) is 13.1 Å². The van der Waals surface area contributed by atoms with Crippen LogP contribution in [0, 0.1) is 6.92 Å². The number of likely N-dealkylation sites (tertiary alicyclic amines) is 1. The van der Waals surface area contributed by atoms with Gasteiger partial charge in [-0.1, -0.05) is 34.6 Å². The number of aromatic nitrogens is 3. The van der Waals surface area contributed by atoms with E-state index in [1.165, 1.54) is 6.92 Å². The van der Waals surface area contributed by atoms with Crippen LogP contribution in [0.5, 0.6) is 0 Å². The Morgan fingerprint density at radius 1 is 1.26 bits per heavy atom. The minimum Gasteiger partial charge on any atom is -0.411 e. The lowest BCUT2D eigenvalue weighted by Gasteiger charge is -2.31. The summed E-state index contributed by atoms with van der Waals surface area (Å²) in [5, 5.41) is 23.3. The first-order chi connectivity index (χ1) is 18.6. The molecule has 2 aromatic heterocycles. The fourth-order valence-corrected chi connectivity index (χ4v) is 5.88. The number of carbonyl (C=O) groups excluding carboxylic acids is 1. The predicted octanol–water partition coefficient (Wildman–Crippen LogP) is 5.14. The van der Waals surface area contributed by atoms with Gasteiger partial charge >= 0.3 is 6.18 Å². The number of rotatable bonds is 6. The molecule has 1 amide bonds. The number of piperidine rings is 1. The Morgan fingerprint density at radius 3 is 2.69 bits per heavy atom.